The number of hydrogen-bond acceptors (Lipinski definition) is 1. The van der Waals surface area contributed by atoms with Crippen molar-refractivity contribution in [1.29, 1.82) is 0 Å². The molecule has 0 aromatic heterocycles. The lowest BCUT2D eigenvalue weighted by Gasteiger charge is -2.14. The third kappa shape index (κ3) is 3.40. The van der Waals surface area contributed by atoms with Crippen molar-refractivity contribution in [3.63, 3.8) is 0 Å². The molecule has 20 heavy (non-hydrogen) atoms. The smallest absolute Gasteiger partial charge is 0.148 e. The third-order valence-corrected chi connectivity index (χ3v) is 4.39. The van der Waals surface area contributed by atoms with Crippen molar-refractivity contribution in [2.24, 2.45) is 0 Å². The summed E-state index contributed by atoms with van der Waals surface area (Å²) in [6, 6.07) is 9.25. The number of aryl methyl sites for hydroxylation is 2. The van der Waals surface area contributed by atoms with Crippen molar-refractivity contribution in [3.05, 3.63) is 67.9 Å². The second-order valence-electron chi connectivity index (χ2n) is 4.98. The molecule has 1 nitrogen and oxygen atoms in total. The van der Waals surface area contributed by atoms with Crippen LogP contribution in [0.3, 0.4) is 0 Å². The summed E-state index contributed by atoms with van der Waals surface area (Å²) in [7, 11) is 0. The van der Waals surface area contributed by atoms with Crippen LogP contribution in [0.15, 0.2) is 34.8 Å². The van der Waals surface area contributed by atoms with E-state index in [4.69, 9.17) is 11.6 Å². The lowest BCUT2D eigenvalue weighted by Crippen LogP contribution is -2.05. The van der Waals surface area contributed by atoms with Crippen LogP contribution in [0, 0.1) is 19.7 Å². The van der Waals surface area contributed by atoms with E-state index in [0.717, 1.165) is 16.7 Å². The lowest BCUT2D eigenvalue weighted by molar-refractivity contribution is 0.173. The molecule has 0 radical (unpaired) electrons. The van der Waals surface area contributed by atoms with Crippen molar-refractivity contribution >= 4 is 27.5 Å². The highest BCUT2D eigenvalue weighted by molar-refractivity contribution is 9.10. The molecule has 2 aromatic carbocycles. The summed E-state index contributed by atoms with van der Waals surface area (Å²) in [4.78, 5) is 0. The summed E-state index contributed by atoms with van der Waals surface area (Å²) >= 11 is 9.01. The zero-order chi connectivity index (χ0) is 14.9. The van der Waals surface area contributed by atoms with Gasteiger partial charge in [0.1, 0.15) is 5.82 Å². The van der Waals surface area contributed by atoms with E-state index in [1.807, 2.05) is 26.0 Å². The Morgan fingerprint density at radius 3 is 2.40 bits per heavy atom. The van der Waals surface area contributed by atoms with E-state index in [1.165, 1.54) is 0 Å². The standard InChI is InChI=1S/C16H15BrClFO/c1-9-5-10(2)7-11(6-9)8-14(20)12-3-4-13(17)15(18)16(12)19/h3-7,14,20H,8H2,1-2H3. The third-order valence-electron chi connectivity index (χ3n) is 3.13. The van der Waals surface area contributed by atoms with Crippen molar-refractivity contribution in [2.75, 3.05) is 0 Å². The number of hydrogen-bond donors (Lipinski definition) is 1. The highest BCUT2D eigenvalue weighted by Gasteiger charge is 2.17. The first-order valence-electron chi connectivity index (χ1n) is 6.27. The Bertz CT molecular complexity index is 622. The van der Waals surface area contributed by atoms with E-state index < -0.39 is 11.9 Å². The van der Waals surface area contributed by atoms with Gasteiger partial charge in [0, 0.05) is 16.5 Å². The molecule has 2 rings (SSSR count). The first-order valence-corrected chi connectivity index (χ1v) is 7.44. The van der Waals surface area contributed by atoms with Crippen LogP contribution in [-0.2, 0) is 6.42 Å². The van der Waals surface area contributed by atoms with Crippen LogP contribution >= 0.6 is 27.5 Å². The van der Waals surface area contributed by atoms with Gasteiger partial charge < -0.3 is 5.11 Å². The van der Waals surface area contributed by atoms with Crippen LogP contribution in [0.5, 0.6) is 0 Å². The average molecular weight is 358 g/mol. The average Bonchev–Trinajstić information content (AvgIpc) is 2.34. The molecule has 0 fully saturated rings. The zero-order valence-corrected chi connectivity index (χ0v) is 13.6. The van der Waals surface area contributed by atoms with Crippen LogP contribution in [0.1, 0.15) is 28.4 Å². The number of aliphatic hydroxyl groups is 1. The normalized spacial score (nSPS) is 12.5. The van der Waals surface area contributed by atoms with Gasteiger partial charge in [-0.05, 0) is 41.4 Å². The number of halogens is 3. The van der Waals surface area contributed by atoms with E-state index in [2.05, 4.69) is 22.0 Å². The Hall–Kier alpha value is -0.900. The molecular weight excluding hydrogens is 343 g/mol. The highest BCUT2D eigenvalue weighted by atomic mass is 79.9. The van der Waals surface area contributed by atoms with E-state index >= 15 is 0 Å². The molecule has 0 aliphatic carbocycles. The van der Waals surface area contributed by atoms with Gasteiger partial charge in [-0.15, -0.1) is 0 Å². The topological polar surface area (TPSA) is 20.2 Å². The minimum atomic E-state index is -0.915. The first-order chi connectivity index (χ1) is 9.38. The van der Waals surface area contributed by atoms with Gasteiger partial charge in [-0.1, -0.05) is 47.0 Å². The summed E-state index contributed by atoms with van der Waals surface area (Å²) in [5, 5.41) is 10.2. The van der Waals surface area contributed by atoms with Crippen LogP contribution in [-0.4, -0.2) is 5.11 Å². The summed E-state index contributed by atoms with van der Waals surface area (Å²) < 4.78 is 14.5. The number of rotatable bonds is 3. The van der Waals surface area contributed by atoms with E-state index in [-0.39, 0.29) is 10.6 Å². The van der Waals surface area contributed by atoms with Crippen LogP contribution in [0.2, 0.25) is 5.02 Å². The molecular formula is C16H15BrClFO. The van der Waals surface area contributed by atoms with E-state index in [1.54, 1.807) is 12.1 Å². The molecule has 0 saturated heterocycles. The quantitative estimate of drug-likeness (QED) is 0.755. The number of aliphatic hydroxyl groups excluding tert-OH is 1. The van der Waals surface area contributed by atoms with Crippen LogP contribution in [0.4, 0.5) is 4.39 Å². The van der Waals surface area contributed by atoms with Gasteiger partial charge in [-0.25, -0.2) is 4.39 Å². The molecule has 106 valence electrons. The van der Waals surface area contributed by atoms with Crippen molar-refractivity contribution in [3.8, 4) is 0 Å². The first kappa shape index (κ1) is 15.5. The Kier molecular flexibility index (Phi) is 4.84. The van der Waals surface area contributed by atoms with Gasteiger partial charge in [0.15, 0.2) is 0 Å². The molecule has 1 atom stereocenters. The molecule has 4 heteroatoms. The molecule has 0 amide bonds. The number of benzene rings is 2. The Labute approximate surface area is 131 Å². The van der Waals surface area contributed by atoms with Crippen molar-refractivity contribution in [1.82, 2.24) is 0 Å². The fourth-order valence-electron chi connectivity index (χ4n) is 2.32. The predicted octanol–water partition coefficient (Wildman–Crippen LogP) is 5.13. The predicted molar refractivity (Wildman–Crippen MR) is 83.7 cm³/mol. The largest absolute Gasteiger partial charge is 0.388 e. The summed E-state index contributed by atoms with van der Waals surface area (Å²) in [6.45, 7) is 4.00. The maximum absolute atomic E-state index is 14.1. The fourth-order valence-corrected chi connectivity index (χ4v) is 2.80. The van der Waals surface area contributed by atoms with E-state index in [0.29, 0.717) is 10.9 Å². The molecule has 0 aliphatic rings. The Balaban J connectivity index is 2.28. The van der Waals surface area contributed by atoms with Crippen LogP contribution in [0.25, 0.3) is 0 Å². The Morgan fingerprint density at radius 1 is 1.20 bits per heavy atom. The van der Waals surface area contributed by atoms with E-state index in [9.17, 15) is 9.50 Å². The van der Waals surface area contributed by atoms with Gasteiger partial charge in [-0.3, -0.25) is 0 Å². The van der Waals surface area contributed by atoms with Gasteiger partial charge in [0.2, 0.25) is 0 Å². The monoisotopic (exact) mass is 356 g/mol. The van der Waals surface area contributed by atoms with Crippen molar-refractivity contribution in [2.45, 2.75) is 26.4 Å². The molecule has 2 aromatic rings. The second-order valence-corrected chi connectivity index (χ2v) is 6.21. The minimum absolute atomic E-state index is 0.00183. The molecule has 0 bridgehead atoms. The SMILES string of the molecule is Cc1cc(C)cc(CC(O)c2ccc(Br)c(Cl)c2F)c1. The van der Waals surface area contributed by atoms with Gasteiger partial charge in [0.05, 0.1) is 11.1 Å². The summed E-state index contributed by atoms with van der Waals surface area (Å²) in [5.74, 6) is -0.571. The summed E-state index contributed by atoms with van der Waals surface area (Å²) in [6.07, 6.45) is -0.556. The van der Waals surface area contributed by atoms with Gasteiger partial charge in [0.25, 0.3) is 0 Å². The second kappa shape index (κ2) is 6.25. The van der Waals surface area contributed by atoms with Crippen LogP contribution < -0.4 is 0 Å². The Morgan fingerprint density at radius 2 is 1.80 bits per heavy atom. The maximum Gasteiger partial charge on any atom is 0.148 e. The van der Waals surface area contributed by atoms with Crippen molar-refractivity contribution < 1.29 is 9.50 Å². The maximum atomic E-state index is 14.1. The van der Waals surface area contributed by atoms with Gasteiger partial charge >= 0.3 is 0 Å². The molecule has 0 spiro atoms. The summed E-state index contributed by atoms with van der Waals surface area (Å²) in [5.41, 5.74) is 3.45. The zero-order valence-electron chi connectivity index (χ0n) is 11.3. The van der Waals surface area contributed by atoms with Gasteiger partial charge in [-0.2, -0.15) is 0 Å². The molecule has 0 saturated carbocycles. The molecule has 1 N–H and O–H groups in total. The minimum Gasteiger partial charge on any atom is -0.388 e. The fraction of sp³-hybridized carbons (Fsp3) is 0.250. The lowest BCUT2D eigenvalue weighted by atomic mass is 9.98. The highest BCUT2D eigenvalue weighted by Crippen LogP contribution is 2.31. The molecule has 0 heterocycles. The molecule has 1 unspecified atom stereocenters. The molecule has 0 aliphatic heterocycles.